The highest BCUT2D eigenvalue weighted by atomic mass is 16.5. The van der Waals surface area contributed by atoms with Crippen LogP contribution in [-0.2, 0) is 4.79 Å². The number of para-hydroxylation sites is 1. The van der Waals surface area contributed by atoms with Gasteiger partial charge in [0.2, 0.25) is 0 Å². The zero-order valence-electron chi connectivity index (χ0n) is 16.8. The fourth-order valence-electron chi connectivity index (χ4n) is 3.33. The van der Waals surface area contributed by atoms with E-state index in [-0.39, 0.29) is 29.7 Å². The van der Waals surface area contributed by atoms with E-state index in [1.54, 1.807) is 79.9 Å². The molecule has 31 heavy (non-hydrogen) atoms. The molecule has 0 radical (unpaired) electrons. The number of anilines is 1. The number of benzene rings is 3. The lowest BCUT2D eigenvalue weighted by Gasteiger charge is -2.10. The minimum absolute atomic E-state index is 0.0816. The van der Waals surface area contributed by atoms with Crippen LogP contribution in [-0.4, -0.2) is 31.2 Å². The van der Waals surface area contributed by atoms with Gasteiger partial charge in [-0.15, -0.1) is 0 Å². The lowest BCUT2D eigenvalue weighted by Crippen LogP contribution is -2.20. The van der Waals surface area contributed by atoms with Crippen LogP contribution in [0.2, 0.25) is 0 Å². The Morgan fingerprint density at radius 2 is 1.58 bits per heavy atom. The molecule has 1 N–H and O–H groups in total. The molecule has 0 heterocycles. The first-order chi connectivity index (χ1) is 15.1. The van der Waals surface area contributed by atoms with Gasteiger partial charge in [0.15, 0.2) is 18.2 Å². The molecule has 0 saturated carbocycles. The second-order valence-electron chi connectivity index (χ2n) is 6.87. The van der Waals surface area contributed by atoms with E-state index in [0.29, 0.717) is 33.9 Å². The molecule has 3 aromatic rings. The summed E-state index contributed by atoms with van der Waals surface area (Å²) in [5, 5.41) is 2.74. The second kappa shape index (κ2) is 8.67. The lowest BCUT2D eigenvalue weighted by atomic mass is 10.1. The van der Waals surface area contributed by atoms with Gasteiger partial charge in [-0.25, -0.2) is 0 Å². The van der Waals surface area contributed by atoms with E-state index in [2.05, 4.69) is 5.32 Å². The van der Waals surface area contributed by atoms with Crippen molar-refractivity contribution in [1.29, 1.82) is 0 Å². The summed E-state index contributed by atoms with van der Waals surface area (Å²) >= 11 is 0. The molecule has 1 aliphatic carbocycles. The summed E-state index contributed by atoms with van der Waals surface area (Å²) in [6.45, 7) is -0.237. The number of nitrogens with one attached hydrogen (secondary N) is 1. The summed E-state index contributed by atoms with van der Waals surface area (Å²) < 4.78 is 10.8. The number of Topliss-reactive ketones (excluding diaryl/α,β-unsaturated/α-hetero) is 2. The average Bonchev–Trinajstić information content (AvgIpc) is 3.03. The molecule has 1 aliphatic rings. The van der Waals surface area contributed by atoms with Crippen LogP contribution in [0.1, 0.15) is 26.3 Å². The standard InChI is InChI=1S/C25H19NO5/c1-30-18-9-6-8-17(14-18)26-23(27)15-31-22-12-5-2-7-16(22)13-21-24(28)19-10-3-4-11-20(19)25(21)29/h2-14H,15H2,1H3,(H,26,27). The summed E-state index contributed by atoms with van der Waals surface area (Å²) in [5.41, 5.74) is 2.01. The van der Waals surface area contributed by atoms with Crippen molar-refractivity contribution in [3.8, 4) is 11.5 Å². The maximum atomic E-state index is 12.6. The zero-order valence-corrected chi connectivity index (χ0v) is 16.8. The molecular formula is C25H19NO5. The van der Waals surface area contributed by atoms with Gasteiger partial charge in [-0.3, -0.25) is 14.4 Å². The fraction of sp³-hybridized carbons (Fsp3) is 0.0800. The van der Waals surface area contributed by atoms with Crippen LogP contribution >= 0.6 is 0 Å². The molecule has 0 atom stereocenters. The lowest BCUT2D eigenvalue weighted by molar-refractivity contribution is -0.118. The summed E-state index contributed by atoms with van der Waals surface area (Å²) in [6.07, 6.45) is 1.51. The van der Waals surface area contributed by atoms with Crippen molar-refractivity contribution in [3.63, 3.8) is 0 Å². The quantitative estimate of drug-likeness (QED) is 0.484. The molecule has 0 saturated heterocycles. The third-order valence-corrected chi connectivity index (χ3v) is 4.84. The highest BCUT2D eigenvalue weighted by molar-refractivity contribution is 6.41. The number of amides is 1. The zero-order chi connectivity index (χ0) is 21.8. The summed E-state index contributed by atoms with van der Waals surface area (Å²) in [5.74, 6) is 0.0448. The first-order valence-electron chi connectivity index (χ1n) is 9.62. The van der Waals surface area contributed by atoms with Crippen molar-refractivity contribution in [1.82, 2.24) is 0 Å². The van der Waals surface area contributed by atoms with Crippen molar-refractivity contribution in [2.24, 2.45) is 0 Å². The highest BCUT2D eigenvalue weighted by Gasteiger charge is 2.32. The maximum Gasteiger partial charge on any atom is 0.262 e. The molecule has 0 unspecified atom stereocenters. The Morgan fingerprint density at radius 1 is 0.903 bits per heavy atom. The van der Waals surface area contributed by atoms with Gasteiger partial charge in [0.25, 0.3) is 5.91 Å². The van der Waals surface area contributed by atoms with Crippen molar-refractivity contribution in [3.05, 3.63) is 95.1 Å². The van der Waals surface area contributed by atoms with E-state index >= 15 is 0 Å². The molecule has 1 amide bonds. The number of rotatable bonds is 6. The number of ether oxygens (including phenoxy) is 2. The Hall–Kier alpha value is -4.19. The van der Waals surface area contributed by atoms with E-state index in [9.17, 15) is 14.4 Å². The Labute approximate surface area is 179 Å². The maximum absolute atomic E-state index is 12.6. The monoisotopic (exact) mass is 413 g/mol. The van der Waals surface area contributed by atoms with Crippen molar-refractivity contribution in [2.45, 2.75) is 0 Å². The summed E-state index contributed by atoms with van der Waals surface area (Å²) in [7, 11) is 1.55. The topological polar surface area (TPSA) is 81.7 Å². The van der Waals surface area contributed by atoms with Gasteiger partial charge in [-0.05, 0) is 24.3 Å². The third kappa shape index (κ3) is 4.23. The minimum Gasteiger partial charge on any atom is -0.497 e. The van der Waals surface area contributed by atoms with Crippen LogP contribution in [0, 0.1) is 0 Å². The molecule has 0 fully saturated rings. The Balaban J connectivity index is 1.49. The SMILES string of the molecule is COc1cccc(NC(=O)COc2ccccc2C=C2C(=O)c3ccccc3C2=O)c1. The first kappa shape index (κ1) is 20.1. The number of hydrogen-bond acceptors (Lipinski definition) is 5. The molecule has 6 nitrogen and oxygen atoms in total. The molecule has 6 heteroatoms. The number of carbonyl (C=O) groups excluding carboxylic acids is 3. The Kier molecular flexibility index (Phi) is 5.62. The smallest absolute Gasteiger partial charge is 0.262 e. The van der Waals surface area contributed by atoms with E-state index in [1.165, 1.54) is 6.08 Å². The van der Waals surface area contributed by atoms with Gasteiger partial charge in [0.1, 0.15) is 11.5 Å². The van der Waals surface area contributed by atoms with E-state index in [0.717, 1.165) is 0 Å². The third-order valence-electron chi connectivity index (χ3n) is 4.84. The van der Waals surface area contributed by atoms with Gasteiger partial charge < -0.3 is 14.8 Å². The second-order valence-corrected chi connectivity index (χ2v) is 6.87. The van der Waals surface area contributed by atoms with Crippen LogP contribution in [0.3, 0.4) is 0 Å². The number of allylic oxidation sites excluding steroid dienone is 1. The molecular weight excluding hydrogens is 394 g/mol. The molecule has 0 aromatic heterocycles. The largest absolute Gasteiger partial charge is 0.497 e. The number of ketones is 2. The van der Waals surface area contributed by atoms with Gasteiger partial charge in [-0.1, -0.05) is 48.5 Å². The van der Waals surface area contributed by atoms with E-state index < -0.39 is 0 Å². The average molecular weight is 413 g/mol. The van der Waals surface area contributed by atoms with Gasteiger partial charge in [0, 0.05) is 28.4 Å². The molecule has 0 bridgehead atoms. The predicted octanol–water partition coefficient (Wildman–Crippen LogP) is 4.18. The van der Waals surface area contributed by atoms with Crippen LogP contribution in [0.5, 0.6) is 11.5 Å². The predicted molar refractivity (Wildman–Crippen MR) is 117 cm³/mol. The Morgan fingerprint density at radius 3 is 2.29 bits per heavy atom. The van der Waals surface area contributed by atoms with E-state index in [1.807, 2.05) is 0 Å². The van der Waals surface area contributed by atoms with Crippen LogP contribution in [0.25, 0.3) is 6.08 Å². The number of hydrogen-bond donors (Lipinski definition) is 1. The highest BCUT2D eigenvalue weighted by Crippen LogP contribution is 2.30. The number of carbonyl (C=O) groups is 3. The number of fused-ring (bicyclic) bond motifs is 1. The van der Waals surface area contributed by atoms with Gasteiger partial charge in [0.05, 0.1) is 12.7 Å². The normalized spacial score (nSPS) is 12.4. The van der Waals surface area contributed by atoms with Crippen LogP contribution in [0.4, 0.5) is 5.69 Å². The first-order valence-corrected chi connectivity index (χ1v) is 9.62. The molecule has 0 aliphatic heterocycles. The Bertz CT molecular complexity index is 1170. The van der Waals surface area contributed by atoms with Crippen molar-refractivity contribution >= 4 is 29.2 Å². The summed E-state index contributed by atoms with van der Waals surface area (Å²) in [6, 6.07) is 20.7. The van der Waals surface area contributed by atoms with Crippen molar-refractivity contribution < 1.29 is 23.9 Å². The molecule has 3 aromatic carbocycles. The molecule has 0 spiro atoms. The van der Waals surface area contributed by atoms with Gasteiger partial charge in [-0.2, -0.15) is 0 Å². The summed E-state index contributed by atoms with van der Waals surface area (Å²) in [4.78, 5) is 37.6. The number of methoxy groups -OCH3 is 1. The fourth-order valence-corrected chi connectivity index (χ4v) is 3.33. The van der Waals surface area contributed by atoms with Crippen molar-refractivity contribution in [2.75, 3.05) is 19.0 Å². The van der Waals surface area contributed by atoms with E-state index in [4.69, 9.17) is 9.47 Å². The molecule has 154 valence electrons. The van der Waals surface area contributed by atoms with Crippen LogP contribution < -0.4 is 14.8 Å². The minimum atomic E-state index is -0.351. The van der Waals surface area contributed by atoms with Gasteiger partial charge >= 0.3 is 0 Å². The molecule has 4 rings (SSSR count). The van der Waals surface area contributed by atoms with Crippen LogP contribution in [0.15, 0.2) is 78.4 Å².